The van der Waals surface area contributed by atoms with Crippen molar-refractivity contribution in [2.75, 3.05) is 0 Å². The third-order valence-corrected chi connectivity index (χ3v) is 2.93. The van der Waals surface area contributed by atoms with Crippen LogP contribution >= 0.6 is 15.7 Å². The number of hydrogen-bond donors (Lipinski definition) is 1. The van der Waals surface area contributed by atoms with Gasteiger partial charge < -0.3 is 4.52 Å². The maximum atomic E-state index is 10.9. The van der Waals surface area contributed by atoms with Crippen LogP contribution in [0, 0.1) is 0 Å². The Morgan fingerprint density at radius 2 is 1.79 bits per heavy atom. The first kappa shape index (κ1) is 11.1. The van der Waals surface area contributed by atoms with E-state index < -0.39 is 15.7 Å². The quantitative estimate of drug-likeness (QED) is 0.806. The molecule has 0 aromatic heterocycles. The molecule has 8 heteroatoms. The number of para-hydroxylation sites is 1. The Balaban J connectivity index is 2.73. The lowest BCUT2D eigenvalue weighted by Crippen LogP contribution is -1.91. The molecule has 0 aliphatic heterocycles. The van der Waals surface area contributed by atoms with E-state index in [2.05, 4.69) is 8.83 Å². The Morgan fingerprint density at radius 3 is 2.29 bits per heavy atom. The molecule has 0 aliphatic rings. The van der Waals surface area contributed by atoms with Gasteiger partial charge in [-0.3, -0.25) is 4.89 Å². The highest BCUT2D eigenvalue weighted by Gasteiger charge is 2.25. The largest absolute Gasteiger partial charge is 0.539 e. The number of phosphoric ester groups is 1. The SMILES string of the molecule is O=P(=O)OP(=O)(O)Oc1ccccc1. The standard InChI is InChI=1S/C6H6O6P2/c7-13(8)12-14(9,10)11-6-4-2-1-3-5-6/h1-5H,(H,9,10). The Kier molecular flexibility index (Phi) is 3.61. The lowest BCUT2D eigenvalue weighted by Gasteiger charge is -2.07. The summed E-state index contributed by atoms with van der Waals surface area (Å²) in [6.45, 7) is 0. The van der Waals surface area contributed by atoms with Gasteiger partial charge in [0.1, 0.15) is 5.75 Å². The smallest absolute Gasteiger partial charge is 0.404 e. The van der Waals surface area contributed by atoms with E-state index in [1.54, 1.807) is 18.2 Å². The van der Waals surface area contributed by atoms with Gasteiger partial charge in [-0.1, -0.05) is 18.2 Å². The third kappa shape index (κ3) is 3.85. The summed E-state index contributed by atoms with van der Waals surface area (Å²) in [6, 6.07) is 7.58. The topological polar surface area (TPSA) is 89.9 Å². The van der Waals surface area contributed by atoms with Crippen molar-refractivity contribution in [2.24, 2.45) is 0 Å². The highest BCUT2D eigenvalue weighted by molar-refractivity contribution is 7.54. The molecular formula is C6H6O6P2. The van der Waals surface area contributed by atoms with E-state index in [1.165, 1.54) is 12.1 Å². The van der Waals surface area contributed by atoms with Crippen molar-refractivity contribution >= 4 is 15.7 Å². The summed E-state index contributed by atoms with van der Waals surface area (Å²) in [6.07, 6.45) is 0. The van der Waals surface area contributed by atoms with Crippen LogP contribution in [0.4, 0.5) is 0 Å². The van der Waals surface area contributed by atoms with Crippen molar-refractivity contribution in [1.82, 2.24) is 0 Å². The van der Waals surface area contributed by atoms with Crippen LogP contribution in [0.2, 0.25) is 0 Å². The van der Waals surface area contributed by atoms with Gasteiger partial charge >= 0.3 is 15.7 Å². The highest BCUT2D eigenvalue weighted by Crippen LogP contribution is 2.48. The number of benzene rings is 1. The second-order valence-electron chi connectivity index (χ2n) is 2.18. The summed E-state index contributed by atoms with van der Waals surface area (Å²) < 4.78 is 39.0. The third-order valence-electron chi connectivity index (χ3n) is 1.13. The summed E-state index contributed by atoms with van der Waals surface area (Å²) in [5.74, 6) is 0.0511. The molecular weight excluding hydrogens is 230 g/mol. The first-order valence-electron chi connectivity index (χ1n) is 3.41. The Bertz CT molecular complexity index is 404. The molecule has 0 saturated heterocycles. The lowest BCUT2D eigenvalue weighted by molar-refractivity contribution is 0.288. The van der Waals surface area contributed by atoms with Gasteiger partial charge in [0.2, 0.25) is 0 Å². The normalized spacial score (nSPS) is 14.4. The predicted octanol–water partition coefficient (Wildman–Crippen LogP) is 2.27. The zero-order valence-corrected chi connectivity index (χ0v) is 8.56. The fraction of sp³-hybridized carbons (Fsp3) is 0. The van der Waals surface area contributed by atoms with Crippen molar-refractivity contribution in [3.63, 3.8) is 0 Å². The minimum Gasteiger partial charge on any atom is -0.404 e. The summed E-state index contributed by atoms with van der Waals surface area (Å²) in [5.41, 5.74) is 0. The van der Waals surface area contributed by atoms with Gasteiger partial charge in [-0.05, 0) is 12.1 Å². The Morgan fingerprint density at radius 1 is 1.21 bits per heavy atom. The molecule has 1 N–H and O–H groups in total. The minimum absolute atomic E-state index is 0.0511. The van der Waals surface area contributed by atoms with E-state index in [1.807, 2.05) is 0 Å². The van der Waals surface area contributed by atoms with Gasteiger partial charge in [-0.2, -0.15) is 4.31 Å². The average molecular weight is 236 g/mol. The fourth-order valence-corrected chi connectivity index (χ4v) is 1.91. The molecule has 0 bridgehead atoms. The van der Waals surface area contributed by atoms with Gasteiger partial charge in [0, 0.05) is 0 Å². The van der Waals surface area contributed by atoms with Crippen LogP contribution < -0.4 is 4.52 Å². The zero-order valence-electron chi connectivity index (χ0n) is 6.77. The van der Waals surface area contributed by atoms with Gasteiger partial charge in [0.15, 0.2) is 0 Å². The van der Waals surface area contributed by atoms with Gasteiger partial charge in [-0.25, -0.2) is 13.7 Å². The van der Waals surface area contributed by atoms with Gasteiger partial charge in [-0.15, -0.1) is 0 Å². The molecule has 0 fully saturated rings. The number of phosphoric acid groups is 1. The molecule has 0 heterocycles. The molecule has 14 heavy (non-hydrogen) atoms. The zero-order chi connectivity index (χ0) is 10.6. The Hall–Kier alpha value is -0.930. The van der Waals surface area contributed by atoms with Crippen LogP contribution in [-0.2, 0) is 18.0 Å². The van der Waals surface area contributed by atoms with E-state index in [0.29, 0.717) is 0 Å². The van der Waals surface area contributed by atoms with E-state index >= 15 is 0 Å². The molecule has 0 aliphatic carbocycles. The van der Waals surface area contributed by atoms with Crippen molar-refractivity contribution in [3.05, 3.63) is 30.3 Å². The summed E-state index contributed by atoms with van der Waals surface area (Å²) in [4.78, 5) is 8.87. The van der Waals surface area contributed by atoms with Crippen molar-refractivity contribution in [2.45, 2.75) is 0 Å². The van der Waals surface area contributed by atoms with Crippen molar-refractivity contribution < 1.29 is 27.4 Å². The van der Waals surface area contributed by atoms with E-state index in [-0.39, 0.29) is 5.75 Å². The maximum Gasteiger partial charge on any atom is 0.539 e. The second-order valence-corrected chi connectivity index (χ2v) is 4.40. The molecule has 6 nitrogen and oxygen atoms in total. The number of rotatable bonds is 4. The average Bonchev–Trinajstić information content (AvgIpc) is 2.02. The molecule has 1 aromatic rings. The number of hydrogen-bond acceptors (Lipinski definition) is 5. The van der Waals surface area contributed by atoms with Crippen LogP contribution in [0.3, 0.4) is 0 Å². The summed E-state index contributed by atoms with van der Waals surface area (Å²) in [7, 11) is -7.99. The van der Waals surface area contributed by atoms with Crippen LogP contribution in [0.5, 0.6) is 5.75 Å². The first-order valence-corrected chi connectivity index (χ1v) is 6.00. The van der Waals surface area contributed by atoms with Crippen molar-refractivity contribution in [3.8, 4) is 5.75 Å². The molecule has 76 valence electrons. The molecule has 0 radical (unpaired) electrons. The van der Waals surface area contributed by atoms with Crippen LogP contribution in [0.1, 0.15) is 0 Å². The van der Waals surface area contributed by atoms with E-state index in [4.69, 9.17) is 4.89 Å². The van der Waals surface area contributed by atoms with Gasteiger partial charge in [0.05, 0.1) is 0 Å². The highest BCUT2D eigenvalue weighted by atomic mass is 31.2. The van der Waals surface area contributed by atoms with Crippen LogP contribution in [0.25, 0.3) is 0 Å². The predicted molar refractivity (Wildman–Crippen MR) is 46.3 cm³/mol. The van der Waals surface area contributed by atoms with E-state index in [9.17, 15) is 13.7 Å². The summed E-state index contributed by atoms with van der Waals surface area (Å²) in [5, 5.41) is 0. The molecule has 1 aromatic carbocycles. The van der Waals surface area contributed by atoms with Crippen LogP contribution in [0.15, 0.2) is 30.3 Å². The van der Waals surface area contributed by atoms with Crippen LogP contribution in [-0.4, -0.2) is 4.89 Å². The van der Waals surface area contributed by atoms with Gasteiger partial charge in [0.25, 0.3) is 0 Å². The summed E-state index contributed by atoms with van der Waals surface area (Å²) >= 11 is 0. The molecule has 1 rings (SSSR count). The lowest BCUT2D eigenvalue weighted by atomic mass is 10.3. The Labute approximate surface area is 80.0 Å². The minimum atomic E-state index is -4.57. The molecule has 1 atom stereocenters. The molecule has 0 amide bonds. The first-order chi connectivity index (χ1) is 6.49. The van der Waals surface area contributed by atoms with E-state index in [0.717, 1.165) is 0 Å². The maximum absolute atomic E-state index is 10.9. The molecule has 1 unspecified atom stereocenters. The second kappa shape index (κ2) is 4.53. The molecule has 0 saturated carbocycles. The monoisotopic (exact) mass is 236 g/mol. The fourth-order valence-electron chi connectivity index (χ4n) is 0.715. The van der Waals surface area contributed by atoms with Crippen molar-refractivity contribution in [1.29, 1.82) is 0 Å². The molecule has 0 spiro atoms.